The van der Waals surface area contributed by atoms with Crippen molar-refractivity contribution in [2.45, 2.75) is 173 Å². The third-order valence-electron chi connectivity index (χ3n) is 9.43. The molecule has 3 unspecified atom stereocenters. The van der Waals surface area contributed by atoms with Crippen LogP contribution in [0.25, 0.3) is 0 Å². The highest BCUT2D eigenvalue weighted by Crippen LogP contribution is 2.38. The number of quaternary nitrogens is 1. The Balaban J connectivity index is 2.36. The third kappa shape index (κ3) is 35.3. The molecular formula is C46H80NO9P. The Morgan fingerprint density at radius 1 is 0.649 bits per heavy atom. The number of likely N-dealkylation sites (N-methyl/N-ethyl adjacent to an activating group) is 1. The van der Waals surface area contributed by atoms with Crippen molar-refractivity contribution < 1.29 is 46.8 Å². The molecule has 0 N–H and O–H groups in total. The zero-order chi connectivity index (χ0) is 41.9. The van der Waals surface area contributed by atoms with Crippen molar-refractivity contribution in [3.8, 4) is 0 Å². The van der Waals surface area contributed by atoms with E-state index in [9.17, 15) is 19.0 Å². The van der Waals surface area contributed by atoms with E-state index in [1.807, 2.05) is 21.1 Å². The fourth-order valence-corrected chi connectivity index (χ4v) is 6.56. The molecule has 10 nitrogen and oxygen atoms in total. The molecule has 0 amide bonds. The molecule has 0 radical (unpaired) electrons. The van der Waals surface area contributed by atoms with Crippen molar-refractivity contribution >= 4 is 19.8 Å². The van der Waals surface area contributed by atoms with Gasteiger partial charge in [0.25, 0.3) is 7.82 Å². The molecule has 0 saturated carbocycles. The molecule has 1 fully saturated rings. The molecule has 328 valence electrons. The van der Waals surface area contributed by atoms with E-state index in [2.05, 4.69) is 74.6 Å². The van der Waals surface area contributed by atoms with Crippen LogP contribution in [-0.4, -0.2) is 82.2 Å². The minimum absolute atomic E-state index is 0.0501. The topological polar surface area (TPSA) is 124 Å². The molecule has 0 aromatic heterocycles. The lowest BCUT2D eigenvalue weighted by atomic mass is 10.1. The number of nitrogens with zero attached hydrogens (tertiary/aromatic N) is 1. The van der Waals surface area contributed by atoms with Gasteiger partial charge >= 0.3 is 11.9 Å². The van der Waals surface area contributed by atoms with Gasteiger partial charge in [0.05, 0.1) is 40.0 Å². The van der Waals surface area contributed by atoms with E-state index in [1.54, 1.807) is 0 Å². The number of allylic oxidation sites excluding steroid dienone is 9. The van der Waals surface area contributed by atoms with Crippen molar-refractivity contribution in [3.05, 3.63) is 60.8 Å². The molecule has 1 aliphatic heterocycles. The number of carbonyl (C=O) groups excluding carboxylic acids is 2. The second-order valence-electron chi connectivity index (χ2n) is 16.1. The summed E-state index contributed by atoms with van der Waals surface area (Å²) in [5.41, 5.74) is 0. The van der Waals surface area contributed by atoms with E-state index < -0.39 is 32.5 Å². The van der Waals surface area contributed by atoms with E-state index in [0.29, 0.717) is 23.9 Å². The second kappa shape index (κ2) is 34.5. The monoisotopic (exact) mass is 822 g/mol. The van der Waals surface area contributed by atoms with Crippen LogP contribution >= 0.6 is 7.82 Å². The minimum Gasteiger partial charge on any atom is -0.756 e. The highest BCUT2D eigenvalue weighted by Gasteiger charge is 2.36. The first-order valence-electron chi connectivity index (χ1n) is 22.1. The quantitative estimate of drug-likeness (QED) is 0.0149. The maximum atomic E-state index is 12.7. The number of rotatable bonds is 38. The van der Waals surface area contributed by atoms with Crippen molar-refractivity contribution in [3.63, 3.8) is 0 Å². The van der Waals surface area contributed by atoms with Crippen LogP contribution in [0.2, 0.25) is 0 Å². The lowest BCUT2D eigenvalue weighted by Crippen LogP contribution is -2.37. The Morgan fingerprint density at radius 2 is 1.18 bits per heavy atom. The summed E-state index contributed by atoms with van der Waals surface area (Å²) in [6.45, 7) is 4.05. The number of epoxide rings is 1. The summed E-state index contributed by atoms with van der Waals surface area (Å²) in [6, 6.07) is 0. The molecule has 1 heterocycles. The first kappa shape index (κ1) is 52.7. The molecule has 4 atom stereocenters. The number of ether oxygens (including phenoxy) is 3. The largest absolute Gasteiger partial charge is 0.756 e. The normalized spacial score (nSPS) is 17.7. The molecule has 1 saturated heterocycles. The fraction of sp³-hybridized carbons (Fsp3) is 0.739. The van der Waals surface area contributed by atoms with Crippen LogP contribution in [0.15, 0.2) is 60.8 Å². The summed E-state index contributed by atoms with van der Waals surface area (Å²) in [4.78, 5) is 37.6. The summed E-state index contributed by atoms with van der Waals surface area (Å²) >= 11 is 0. The molecule has 1 aliphatic rings. The summed E-state index contributed by atoms with van der Waals surface area (Å²) < 4.78 is 39.7. The zero-order valence-corrected chi connectivity index (χ0v) is 37.4. The number of phosphoric acid groups is 1. The van der Waals surface area contributed by atoms with Crippen LogP contribution in [0.5, 0.6) is 0 Å². The van der Waals surface area contributed by atoms with Crippen LogP contribution < -0.4 is 4.89 Å². The number of unbranched alkanes of at least 4 members (excludes halogenated alkanes) is 11. The highest BCUT2D eigenvalue weighted by molar-refractivity contribution is 7.45. The molecule has 0 aromatic carbocycles. The van der Waals surface area contributed by atoms with Gasteiger partial charge in [0.15, 0.2) is 6.10 Å². The number of hydrogen-bond donors (Lipinski definition) is 0. The Kier molecular flexibility index (Phi) is 31.9. The Morgan fingerprint density at radius 3 is 1.77 bits per heavy atom. The van der Waals surface area contributed by atoms with Crippen LogP contribution in [0, 0.1) is 0 Å². The van der Waals surface area contributed by atoms with Crippen LogP contribution in [-0.2, 0) is 37.4 Å². The Hall–Kier alpha value is -2.33. The van der Waals surface area contributed by atoms with E-state index in [1.165, 1.54) is 44.9 Å². The van der Waals surface area contributed by atoms with Gasteiger partial charge in [-0.05, 0) is 83.5 Å². The average molecular weight is 822 g/mol. The summed E-state index contributed by atoms with van der Waals surface area (Å²) in [7, 11) is 1.10. The maximum absolute atomic E-state index is 12.7. The number of phosphoric ester groups is 1. The van der Waals surface area contributed by atoms with Crippen LogP contribution in [0.4, 0.5) is 0 Å². The molecule has 57 heavy (non-hydrogen) atoms. The molecule has 1 rings (SSSR count). The van der Waals surface area contributed by atoms with Crippen molar-refractivity contribution in [2.75, 3.05) is 47.5 Å². The number of hydrogen-bond acceptors (Lipinski definition) is 9. The van der Waals surface area contributed by atoms with E-state index in [0.717, 1.165) is 70.6 Å². The van der Waals surface area contributed by atoms with Gasteiger partial charge in [0.1, 0.15) is 19.8 Å². The molecule has 11 heteroatoms. The molecule has 0 aromatic rings. The molecule has 0 spiro atoms. The minimum atomic E-state index is -4.66. The van der Waals surface area contributed by atoms with Gasteiger partial charge < -0.3 is 32.6 Å². The van der Waals surface area contributed by atoms with Gasteiger partial charge in [0, 0.05) is 12.8 Å². The lowest BCUT2D eigenvalue weighted by Gasteiger charge is -2.28. The van der Waals surface area contributed by atoms with E-state index in [-0.39, 0.29) is 38.3 Å². The predicted octanol–water partition coefficient (Wildman–Crippen LogP) is 10.8. The zero-order valence-electron chi connectivity index (χ0n) is 36.5. The Bertz CT molecular complexity index is 1220. The summed E-state index contributed by atoms with van der Waals surface area (Å²) in [5.74, 6) is -0.932. The molecular weight excluding hydrogens is 741 g/mol. The van der Waals surface area contributed by atoms with Crippen molar-refractivity contribution in [1.29, 1.82) is 0 Å². The molecule has 0 aliphatic carbocycles. The van der Waals surface area contributed by atoms with Gasteiger partial charge in [-0.2, -0.15) is 0 Å². The highest BCUT2D eigenvalue weighted by atomic mass is 31.2. The Labute approximate surface area is 347 Å². The first-order valence-corrected chi connectivity index (χ1v) is 23.6. The van der Waals surface area contributed by atoms with Crippen molar-refractivity contribution in [2.24, 2.45) is 0 Å². The SMILES string of the molecule is CCCCC/C=C\C/C=C\C/C=C\CC1OC1CCCC(=O)O[C@H](COC(=O)CCCCCCC/C=C\C/C=C\CCCCC)COP(=O)([O-])OCC[N+](C)(C)C. The maximum Gasteiger partial charge on any atom is 0.306 e. The van der Waals surface area contributed by atoms with Crippen molar-refractivity contribution in [1.82, 2.24) is 0 Å². The van der Waals surface area contributed by atoms with Crippen LogP contribution in [0.1, 0.15) is 155 Å². The fourth-order valence-electron chi connectivity index (χ4n) is 5.83. The van der Waals surface area contributed by atoms with Gasteiger partial charge in [-0.1, -0.05) is 120 Å². The van der Waals surface area contributed by atoms with Gasteiger partial charge in [0.2, 0.25) is 0 Å². The predicted molar refractivity (Wildman–Crippen MR) is 231 cm³/mol. The summed E-state index contributed by atoms with van der Waals surface area (Å²) in [5, 5.41) is 0. The lowest BCUT2D eigenvalue weighted by molar-refractivity contribution is -0.870. The van der Waals surface area contributed by atoms with Gasteiger partial charge in [-0.25, -0.2) is 0 Å². The standard InChI is InChI=1S/C46H80NO9P/c1-6-8-10-12-14-16-18-20-21-22-24-26-28-30-32-36-45(48)52-40-42(41-54-57(50,51)53-39-38-47(3,4)5)55-46(49)37-33-35-44-43(56-44)34-31-29-27-25-23-19-17-15-13-11-9-7-2/h14-17,20-21,23,25,29,31,42-44H,6-13,18-19,22,24,26-28,30,32-41H2,1-5H3/b16-14-,17-15-,21-20-,25-23-,31-29-/t42-,43?,44?/m1/s1. The van der Waals surface area contributed by atoms with Gasteiger partial charge in [-0.15, -0.1) is 0 Å². The van der Waals surface area contributed by atoms with E-state index in [4.69, 9.17) is 23.3 Å². The first-order chi connectivity index (χ1) is 27.5. The average Bonchev–Trinajstić information content (AvgIpc) is 3.91. The van der Waals surface area contributed by atoms with Gasteiger partial charge in [-0.3, -0.25) is 14.2 Å². The number of carbonyl (C=O) groups is 2. The van der Waals surface area contributed by atoms with Crippen LogP contribution in [0.3, 0.4) is 0 Å². The van der Waals surface area contributed by atoms with E-state index >= 15 is 0 Å². The summed E-state index contributed by atoms with van der Waals surface area (Å²) in [6.07, 6.45) is 42.6. The number of esters is 2. The molecule has 0 bridgehead atoms. The smallest absolute Gasteiger partial charge is 0.306 e. The second-order valence-corrected chi connectivity index (χ2v) is 17.5. The third-order valence-corrected chi connectivity index (χ3v) is 10.4.